The first-order chi connectivity index (χ1) is 7.12. The molecule has 1 atom stereocenters. The molecule has 0 amide bonds. The summed E-state index contributed by atoms with van der Waals surface area (Å²) in [5, 5.41) is 0.697. The molecule has 1 heterocycles. The van der Waals surface area contributed by atoms with Gasteiger partial charge in [0, 0.05) is 18.4 Å². The van der Waals surface area contributed by atoms with Crippen molar-refractivity contribution in [3.05, 3.63) is 0 Å². The molecule has 0 N–H and O–H groups in total. The van der Waals surface area contributed by atoms with Gasteiger partial charge in [-0.3, -0.25) is 0 Å². The summed E-state index contributed by atoms with van der Waals surface area (Å²) in [4.78, 5) is 0. The molecule has 0 radical (unpaired) electrons. The molecule has 1 unspecified atom stereocenters. The van der Waals surface area contributed by atoms with Crippen LogP contribution in [0.2, 0.25) is 0 Å². The second kappa shape index (κ2) is 4.69. The molecule has 0 aromatic carbocycles. The number of halogens is 1. The zero-order chi connectivity index (χ0) is 10.9. The monoisotopic (exact) mass is 297 g/mol. The molecule has 1 aliphatic carbocycles. The SMILES string of the molecule is O=S(=O)(CC1CC1)N1CCOC(CBr)C1. The number of ether oxygens (including phenoxy) is 1. The molecular formula is C9H16BrNO3S. The average molecular weight is 298 g/mol. The normalized spacial score (nSPS) is 29.3. The van der Waals surface area contributed by atoms with Crippen LogP contribution in [0.3, 0.4) is 0 Å². The van der Waals surface area contributed by atoms with Gasteiger partial charge in [-0.2, -0.15) is 4.31 Å². The predicted molar refractivity (Wildman–Crippen MR) is 61.6 cm³/mol. The van der Waals surface area contributed by atoms with Crippen LogP contribution in [-0.4, -0.2) is 49.6 Å². The van der Waals surface area contributed by atoms with Gasteiger partial charge in [0.15, 0.2) is 0 Å². The number of sulfonamides is 1. The molecule has 0 aromatic heterocycles. The molecule has 0 spiro atoms. The Balaban J connectivity index is 1.95. The Kier molecular flexibility index (Phi) is 3.70. The van der Waals surface area contributed by atoms with Crippen LogP contribution in [0.15, 0.2) is 0 Å². The molecule has 2 fully saturated rings. The summed E-state index contributed by atoms with van der Waals surface area (Å²) in [6.45, 7) is 1.53. The summed E-state index contributed by atoms with van der Waals surface area (Å²) in [7, 11) is -3.03. The lowest BCUT2D eigenvalue weighted by Gasteiger charge is -2.31. The van der Waals surface area contributed by atoms with Crippen LogP contribution < -0.4 is 0 Å². The van der Waals surface area contributed by atoms with Gasteiger partial charge in [0.2, 0.25) is 10.0 Å². The van der Waals surface area contributed by atoms with Crippen LogP contribution in [0.5, 0.6) is 0 Å². The minimum Gasteiger partial charge on any atom is -0.375 e. The van der Waals surface area contributed by atoms with E-state index in [9.17, 15) is 8.42 Å². The van der Waals surface area contributed by atoms with Crippen LogP contribution in [0.25, 0.3) is 0 Å². The van der Waals surface area contributed by atoms with Gasteiger partial charge in [-0.1, -0.05) is 15.9 Å². The fourth-order valence-corrected chi connectivity index (χ4v) is 4.00. The minimum absolute atomic E-state index is 0.00716. The van der Waals surface area contributed by atoms with Gasteiger partial charge < -0.3 is 4.74 Å². The van der Waals surface area contributed by atoms with Gasteiger partial charge in [0.1, 0.15) is 0 Å². The quantitative estimate of drug-likeness (QED) is 0.722. The first-order valence-corrected chi connectivity index (χ1v) is 8.00. The number of rotatable bonds is 4. The standard InChI is InChI=1S/C9H16BrNO3S/c10-5-9-6-11(3-4-14-9)15(12,13)7-8-1-2-8/h8-9H,1-7H2. The smallest absolute Gasteiger partial charge is 0.214 e. The van der Waals surface area contributed by atoms with Crippen molar-refractivity contribution in [1.29, 1.82) is 0 Å². The highest BCUT2D eigenvalue weighted by molar-refractivity contribution is 9.09. The zero-order valence-corrected chi connectivity index (χ0v) is 11.0. The molecule has 1 saturated heterocycles. The second-order valence-corrected chi connectivity index (χ2v) is 6.89. The molecule has 2 aliphatic rings. The van der Waals surface area contributed by atoms with Crippen molar-refractivity contribution in [3.63, 3.8) is 0 Å². The highest BCUT2D eigenvalue weighted by atomic mass is 79.9. The summed E-state index contributed by atoms with van der Waals surface area (Å²) in [5.41, 5.74) is 0. The van der Waals surface area contributed by atoms with E-state index in [-0.39, 0.29) is 6.10 Å². The molecule has 0 bridgehead atoms. The Hall–Kier alpha value is 0.350. The maximum atomic E-state index is 12.0. The van der Waals surface area contributed by atoms with E-state index in [2.05, 4.69) is 15.9 Å². The van der Waals surface area contributed by atoms with E-state index in [0.717, 1.165) is 12.8 Å². The van der Waals surface area contributed by atoms with Gasteiger partial charge in [-0.15, -0.1) is 0 Å². The number of hydrogen-bond donors (Lipinski definition) is 0. The predicted octanol–water partition coefficient (Wildman–Crippen LogP) is 0.822. The van der Waals surface area contributed by atoms with E-state index < -0.39 is 10.0 Å². The van der Waals surface area contributed by atoms with Crippen molar-refractivity contribution < 1.29 is 13.2 Å². The molecule has 4 nitrogen and oxygen atoms in total. The Morgan fingerprint density at radius 2 is 2.13 bits per heavy atom. The van der Waals surface area contributed by atoms with Gasteiger partial charge >= 0.3 is 0 Å². The third-order valence-corrected chi connectivity index (χ3v) is 5.54. The van der Waals surface area contributed by atoms with Crippen molar-refractivity contribution in [2.45, 2.75) is 18.9 Å². The fourth-order valence-electron chi connectivity index (χ4n) is 1.73. The Morgan fingerprint density at radius 1 is 1.40 bits per heavy atom. The lowest BCUT2D eigenvalue weighted by Crippen LogP contribution is -2.47. The zero-order valence-electron chi connectivity index (χ0n) is 8.56. The van der Waals surface area contributed by atoms with Crippen molar-refractivity contribution in [3.8, 4) is 0 Å². The second-order valence-electron chi connectivity index (χ2n) is 4.23. The minimum atomic E-state index is -3.03. The number of nitrogens with zero attached hydrogens (tertiary/aromatic N) is 1. The van der Waals surface area contributed by atoms with E-state index in [1.165, 1.54) is 0 Å². The van der Waals surface area contributed by atoms with E-state index >= 15 is 0 Å². The van der Waals surface area contributed by atoms with Crippen molar-refractivity contribution in [2.24, 2.45) is 5.92 Å². The molecule has 1 saturated carbocycles. The van der Waals surface area contributed by atoms with E-state index in [1.807, 2.05) is 0 Å². The van der Waals surface area contributed by atoms with Crippen LogP contribution in [0, 0.1) is 5.92 Å². The van der Waals surface area contributed by atoms with Gasteiger partial charge in [0.05, 0.1) is 18.5 Å². The van der Waals surface area contributed by atoms with Crippen molar-refractivity contribution in [1.82, 2.24) is 4.31 Å². The summed E-state index contributed by atoms with van der Waals surface area (Å²) in [5.74, 6) is 0.752. The van der Waals surface area contributed by atoms with E-state index in [0.29, 0.717) is 36.7 Å². The maximum absolute atomic E-state index is 12.0. The maximum Gasteiger partial charge on any atom is 0.214 e. The summed E-state index contributed by atoms with van der Waals surface area (Å²) in [6.07, 6.45) is 2.16. The fraction of sp³-hybridized carbons (Fsp3) is 1.00. The number of morpholine rings is 1. The topological polar surface area (TPSA) is 46.6 Å². The Labute approximate surface area is 99.1 Å². The number of alkyl halides is 1. The summed E-state index contributed by atoms with van der Waals surface area (Å²) in [6, 6.07) is 0. The van der Waals surface area contributed by atoms with Gasteiger partial charge in [-0.05, 0) is 18.8 Å². The Morgan fingerprint density at radius 3 is 2.73 bits per heavy atom. The number of hydrogen-bond acceptors (Lipinski definition) is 3. The van der Waals surface area contributed by atoms with E-state index in [1.54, 1.807) is 4.31 Å². The molecule has 6 heteroatoms. The average Bonchev–Trinajstić information content (AvgIpc) is 3.01. The van der Waals surface area contributed by atoms with E-state index in [4.69, 9.17) is 4.74 Å². The molecule has 1 aliphatic heterocycles. The highest BCUT2D eigenvalue weighted by Crippen LogP contribution is 2.31. The first-order valence-electron chi connectivity index (χ1n) is 5.27. The van der Waals surface area contributed by atoms with Gasteiger partial charge in [-0.25, -0.2) is 8.42 Å². The van der Waals surface area contributed by atoms with Crippen molar-refractivity contribution in [2.75, 3.05) is 30.8 Å². The molecule has 15 heavy (non-hydrogen) atoms. The largest absolute Gasteiger partial charge is 0.375 e. The van der Waals surface area contributed by atoms with Crippen molar-refractivity contribution >= 4 is 26.0 Å². The third kappa shape index (κ3) is 3.15. The summed E-state index contributed by atoms with van der Waals surface area (Å²) < 4.78 is 30.9. The lowest BCUT2D eigenvalue weighted by molar-refractivity contribution is 0.0136. The third-order valence-electron chi connectivity index (χ3n) is 2.81. The molecule has 0 aromatic rings. The molecule has 88 valence electrons. The van der Waals surface area contributed by atoms with Crippen LogP contribution in [0.1, 0.15) is 12.8 Å². The van der Waals surface area contributed by atoms with Crippen LogP contribution in [0.4, 0.5) is 0 Å². The van der Waals surface area contributed by atoms with Crippen LogP contribution in [-0.2, 0) is 14.8 Å². The summed E-state index contributed by atoms with van der Waals surface area (Å²) >= 11 is 3.32. The molecule has 2 rings (SSSR count). The highest BCUT2D eigenvalue weighted by Gasteiger charge is 2.34. The molecular weight excluding hydrogens is 282 g/mol. The van der Waals surface area contributed by atoms with Crippen LogP contribution >= 0.6 is 15.9 Å². The first kappa shape index (κ1) is 11.8. The lowest BCUT2D eigenvalue weighted by atomic mass is 10.3. The van der Waals surface area contributed by atoms with Gasteiger partial charge in [0.25, 0.3) is 0 Å². The Bertz CT molecular complexity index is 315.